The number of ether oxygens (including phenoxy) is 2. The van der Waals surface area contributed by atoms with Crippen LogP contribution in [-0.4, -0.2) is 18.2 Å². The molecule has 0 saturated carbocycles. The molecule has 0 aliphatic carbocycles. The molecule has 3 aromatic rings. The maximum Gasteiger partial charge on any atom is 0.145 e. The van der Waals surface area contributed by atoms with Crippen molar-refractivity contribution in [2.24, 2.45) is 0 Å². The van der Waals surface area contributed by atoms with E-state index in [2.05, 4.69) is 37.3 Å². The Balaban J connectivity index is 1.44. The molecule has 0 spiro atoms. The summed E-state index contributed by atoms with van der Waals surface area (Å²) in [4.78, 5) is 4.78. The molecule has 0 saturated heterocycles. The fraction of sp³-hybridized carbons (Fsp3) is 0.433. The molecule has 2 aromatic carbocycles. The molecular weight excluding hydrogens is 406 g/mol. The van der Waals surface area contributed by atoms with Crippen molar-refractivity contribution in [1.29, 1.82) is 0 Å². The van der Waals surface area contributed by atoms with Gasteiger partial charge in [0.15, 0.2) is 0 Å². The number of benzene rings is 2. The first-order valence-electron chi connectivity index (χ1n) is 12.7. The van der Waals surface area contributed by atoms with Crippen molar-refractivity contribution in [2.75, 3.05) is 13.2 Å². The second-order valence-corrected chi connectivity index (χ2v) is 8.58. The van der Waals surface area contributed by atoms with Crippen molar-refractivity contribution in [2.45, 2.75) is 71.6 Å². The van der Waals surface area contributed by atoms with Crippen LogP contribution in [0.25, 0.3) is 23.1 Å². The summed E-state index contributed by atoms with van der Waals surface area (Å²) in [6, 6.07) is 18.5. The Bertz CT molecular complexity index is 978. The Hall–Kier alpha value is -2.81. The molecule has 0 N–H and O–H groups in total. The number of hydrogen-bond acceptors (Lipinski definition) is 3. The average molecular weight is 446 g/mol. The number of rotatable bonds is 15. The summed E-state index contributed by atoms with van der Waals surface area (Å²) in [5.41, 5.74) is 2.94. The van der Waals surface area contributed by atoms with Crippen molar-refractivity contribution < 1.29 is 9.47 Å². The number of hydrogen-bond donors (Lipinski definition) is 0. The lowest BCUT2D eigenvalue weighted by molar-refractivity contribution is 0.304. The third-order valence-electron chi connectivity index (χ3n) is 5.85. The maximum atomic E-state index is 5.93. The van der Waals surface area contributed by atoms with E-state index in [4.69, 9.17) is 14.5 Å². The average Bonchev–Trinajstić information content (AvgIpc) is 2.85. The molecule has 3 heteroatoms. The summed E-state index contributed by atoms with van der Waals surface area (Å²) in [5.74, 6) is 1.75. The second-order valence-electron chi connectivity index (χ2n) is 8.58. The van der Waals surface area contributed by atoms with Gasteiger partial charge in [-0.2, -0.15) is 0 Å². The molecule has 1 aromatic heterocycles. The van der Waals surface area contributed by atoms with Crippen molar-refractivity contribution in [1.82, 2.24) is 4.98 Å². The third-order valence-corrected chi connectivity index (χ3v) is 5.85. The molecule has 176 valence electrons. The maximum absolute atomic E-state index is 5.93. The van der Waals surface area contributed by atoms with E-state index in [0.717, 1.165) is 46.7 Å². The SMILES string of the molecule is CCCCCCCCCCCOc1ccc(/C=C/c2nc3ccccc3cc2OCC)cc1. The van der Waals surface area contributed by atoms with Gasteiger partial charge >= 0.3 is 0 Å². The summed E-state index contributed by atoms with van der Waals surface area (Å²) in [5, 5.41) is 1.09. The molecule has 0 atom stereocenters. The second kappa shape index (κ2) is 14.4. The lowest BCUT2D eigenvalue weighted by Crippen LogP contribution is -1.97. The van der Waals surface area contributed by atoms with Gasteiger partial charge in [0.05, 0.1) is 18.7 Å². The number of nitrogens with zero attached hydrogens (tertiary/aromatic N) is 1. The Morgan fingerprint density at radius 1 is 0.727 bits per heavy atom. The summed E-state index contributed by atoms with van der Waals surface area (Å²) < 4.78 is 11.7. The molecule has 33 heavy (non-hydrogen) atoms. The van der Waals surface area contributed by atoms with Gasteiger partial charge < -0.3 is 9.47 Å². The van der Waals surface area contributed by atoms with E-state index in [9.17, 15) is 0 Å². The lowest BCUT2D eigenvalue weighted by Gasteiger charge is -2.09. The van der Waals surface area contributed by atoms with E-state index in [1.807, 2.05) is 43.3 Å². The predicted octanol–water partition coefficient (Wildman–Crippen LogP) is 8.71. The van der Waals surface area contributed by atoms with Crippen LogP contribution < -0.4 is 9.47 Å². The molecule has 0 bridgehead atoms. The van der Waals surface area contributed by atoms with Gasteiger partial charge in [0, 0.05) is 5.39 Å². The van der Waals surface area contributed by atoms with Crippen molar-refractivity contribution >= 4 is 23.1 Å². The quantitative estimate of drug-likeness (QED) is 0.219. The fourth-order valence-electron chi connectivity index (χ4n) is 3.96. The van der Waals surface area contributed by atoms with Gasteiger partial charge in [-0.15, -0.1) is 0 Å². The number of unbranched alkanes of at least 4 members (excludes halogenated alkanes) is 8. The highest BCUT2D eigenvalue weighted by Crippen LogP contribution is 2.25. The van der Waals surface area contributed by atoms with Gasteiger partial charge in [-0.1, -0.05) is 94.7 Å². The molecular formula is C30H39NO2. The van der Waals surface area contributed by atoms with Gasteiger partial charge in [0.25, 0.3) is 0 Å². The van der Waals surface area contributed by atoms with Gasteiger partial charge in [0.2, 0.25) is 0 Å². The van der Waals surface area contributed by atoms with Gasteiger partial charge in [0.1, 0.15) is 17.2 Å². The first-order chi connectivity index (χ1) is 16.3. The number of aromatic nitrogens is 1. The molecule has 0 unspecified atom stereocenters. The van der Waals surface area contributed by atoms with Crippen LogP contribution in [0.15, 0.2) is 54.6 Å². The summed E-state index contributed by atoms with van der Waals surface area (Å²) in [6.45, 7) is 5.68. The van der Waals surface area contributed by atoms with Gasteiger partial charge in [-0.25, -0.2) is 4.98 Å². The standard InChI is InChI=1S/C30H39NO2/c1-3-5-6-7-8-9-10-11-14-23-33-27-20-17-25(18-21-27)19-22-29-30(32-4-2)24-26-15-12-13-16-28(26)31-29/h12-13,15-22,24H,3-11,14,23H2,1-2H3/b22-19+. The van der Waals surface area contributed by atoms with Crippen molar-refractivity contribution in [3.63, 3.8) is 0 Å². The minimum atomic E-state index is 0.617. The van der Waals surface area contributed by atoms with Crippen LogP contribution in [0, 0.1) is 0 Å². The van der Waals surface area contributed by atoms with Crippen LogP contribution in [0.2, 0.25) is 0 Å². The predicted molar refractivity (Wildman–Crippen MR) is 141 cm³/mol. The molecule has 0 aliphatic rings. The highest BCUT2D eigenvalue weighted by atomic mass is 16.5. The van der Waals surface area contributed by atoms with E-state index in [-0.39, 0.29) is 0 Å². The van der Waals surface area contributed by atoms with E-state index in [0.29, 0.717) is 6.61 Å². The first-order valence-corrected chi connectivity index (χ1v) is 12.7. The first kappa shape index (κ1) is 24.8. The Morgan fingerprint density at radius 3 is 2.15 bits per heavy atom. The topological polar surface area (TPSA) is 31.4 Å². The van der Waals surface area contributed by atoms with Crippen LogP contribution in [0.3, 0.4) is 0 Å². The molecule has 0 aliphatic heterocycles. The van der Waals surface area contributed by atoms with Gasteiger partial charge in [-0.05, 0) is 49.2 Å². The van der Waals surface area contributed by atoms with Crippen LogP contribution in [-0.2, 0) is 0 Å². The Kier molecular flexibility index (Phi) is 10.8. The normalized spacial score (nSPS) is 11.3. The van der Waals surface area contributed by atoms with E-state index < -0.39 is 0 Å². The molecule has 1 heterocycles. The molecule has 3 rings (SSSR count). The highest BCUT2D eigenvalue weighted by Gasteiger charge is 2.05. The van der Waals surface area contributed by atoms with E-state index >= 15 is 0 Å². The van der Waals surface area contributed by atoms with Crippen molar-refractivity contribution in [3.05, 3.63) is 65.9 Å². The van der Waals surface area contributed by atoms with Gasteiger partial charge in [-0.3, -0.25) is 0 Å². The van der Waals surface area contributed by atoms with Crippen LogP contribution >= 0.6 is 0 Å². The third kappa shape index (κ3) is 8.57. The Morgan fingerprint density at radius 2 is 1.42 bits per heavy atom. The molecule has 3 nitrogen and oxygen atoms in total. The smallest absolute Gasteiger partial charge is 0.145 e. The minimum absolute atomic E-state index is 0.617. The highest BCUT2D eigenvalue weighted by molar-refractivity contribution is 5.83. The minimum Gasteiger partial charge on any atom is -0.494 e. The zero-order valence-electron chi connectivity index (χ0n) is 20.4. The number of fused-ring (bicyclic) bond motifs is 1. The Labute approximate surface area is 199 Å². The number of para-hydroxylation sites is 1. The van der Waals surface area contributed by atoms with Crippen LogP contribution in [0.4, 0.5) is 0 Å². The summed E-state index contributed by atoms with van der Waals surface area (Å²) >= 11 is 0. The number of pyridine rings is 1. The zero-order valence-corrected chi connectivity index (χ0v) is 20.4. The van der Waals surface area contributed by atoms with E-state index in [1.54, 1.807) is 0 Å². The fourth-order valence-corrected chi connectivity index (χ4v) is 3.96. The largest absolute Gasteiger partial charge is 0.494 e. The lowest BCUT2D eigenvalue weighted by atomic mass is 10.1. The summed E-state index contributed by atoms with van der Waals surface area (Å²) in [6.07, 6.45) is 16.1. The van der Waals surface area contributed by atoms with Crippen LogP contribution in [0.5, 0.6) is 11.5 Å². The van der Waals surface area contributed by atoms with Crippen molar-refractivity contribution in [3.8, 4) is 11.5 Å². The monoisotopic (exact) mass is 445 g/mol. The molecule has 0 amide bonds. The zero-order chi connectivity index (χ0) is 23.1. The molecule has 0 fully saturated rings. The molecule has 0 radical (unpaired) electrons. The van der Waals surface area contributed by atoms with Crippen LogP contribution in [0.1, 0.15) is 82.9 Å². The van der Waals surface area contributed by atoms with E-state index in [1.165, 1.54) is 51.4 Å². The summed E-state index contributed by atoms with van der Waals surface area (Å²) in [7, 11) is 0.